The molecular formula is C35H46BN5O7S. The van der Waals surface area contributed by atoms with Crippen LogP contribution in [0.1, 0.15) is 42.4 Å². The minimum absolute atomic E-state index is 0.0191. The van der Waals surface area contributed by atoms with Crippen molar-refractivity contribution >= 4 is 52.9 Å². The Labute approximate surface area is 289 Å². The molecule has 12 nitrogen and oxygen atoms in total. The second kappa shape index (κ2) is 14.8. The number of benzene rings is 2. The van der Waals surface area contributed by atoms with Gasteiger partial charge in [0.2, 0.25) is 0 Å². The van der Waals surface area contributed by atoms with Crippen molar-refractivity contribution < 1.29 is 32.6 Å². The van der Waals surface area contributed by atoms with Gasteiger partial charge >= 0.3 is 12.1 Å². The number of likely N-dealkylation sites (tertiary alicyclic amines) is 2. The molecule has 0 aliphatic carbocycles. The van der Waals surface area contributed by atoms with Crippen LogP contribution in [0.2, 0.25) is 0 Å². The third kappa shape index (κ3) is 8.07. The highest BCUT2D eigenvalue weighted by Crippen LogP contribution is 2.26. The Morgan fingerprint density at radius 3 is 2.33 bits per heavy atom. The van der Waals surface area contributed by atoms with Crippen molar-refractivity contribution in [2.24, 2.45) is 0 Å². The first kappa shape index (κ1) is 34.8. The van der Waals surface area contributed by atoms with Gasteiger partial charge in [0.05, 0.1) is 11.5 Å². The van der Waals surface area contributed by atoms with E-state index < -0.39 is 22.0 Å². The van der Waals surface area contributed by atoms with E-state index in [4.69, 9.17) is 4.74 Å². The van der Waals surface area contributed by atoms with Crippen molar-refractivity contribution in [2.75, 3.05) is 62.6 Å². The molecule has 14 heteroatoms. The predicted octanol–water partition coefficient (Wildman–Crippen LogP) is 1.62. The van der Waals surface area contributed by atoms with Gasteiger partial charge in [0.25, 0.3) is 5.91 Å². The molecule has 2 N–H and O–H groups in total. The van der Waals surface area contributed by atoms with Crippen molar-refractivity contribution in [3.8, 4) is 5.75 Å². The quantitative estimate of drug-likeness (QED) is 0.418. The molecule has 0 unspecified atom stereocenters. The van der Waals surface area contributed by atoms with Crippen LogP contribution in [-0.4, -0.2) is 135 Å². The van der Waals surface area contributed by atoms with Gasteiger partial charge in [0, 0.05) is 75.6 Å². The lowest BCUT2D eigenvalue weighted by atomic mass is 9.89. The van der Waals surface area contributed by atoms with E-state index in [1.807, 2.05) is 29.2 Å². The Bertz CT molecular complexity index is 1670. The number of nitrogens with one attached hydrogen (secondary N) is 1. The topological polar surface area (TPSA) is 140 Å². The van der Waals surface area contributed by atoms with Crippen LogP contribution >= 0.6 is 0 Å². The van der Waals surface area contributed by atoms with Gasteiger partial charge in [-0.05, 0) is 60.8 Å². The number of amides is 4. The molecule has 0 saturated carbocycles. The molecule has 3 saturated heterocycles. The molecular weight excluding hydrogens is 645 g/mol. The number of fused-ring (bicyclic) bond motifs is 1. The smallest absolute Gasteiger partial charge is 0.410 e. The molecule has 4 amide bonds. The number of para-hydroxylation sites is 1. The van der Waals surface area contributed by atoms with Crippen LogP contribution in [-0.2, 0) is 32.2 Å². The largest absolute Gasteiger partial charge is 0.508 e. The molecule has 0 aromatic heterocycles. The lowest BCUT2D eigenvalue weighted by molar-refractivity contribution is -0.142. The fraction of sp³-hybridized carbons (Fsp3) is 0.514. The van der Waals surface area contributed by atoms with Crippen LogP contribution in [0.5, 0.6) is 5.75 Å². The first-order valence-corrected chi connectivity index (χ1v) is 19.1. The fourth-order valence-corrected chi connectivity index (χ4v) is 8.82. The van der Waals surface area contributed by atoms with Crippen molar-refractivity contribution in [1.82, 2.24) is 19.6 Å². The van der Waals surface area contributed by atoms with Gasteiger partial charge in [-0.15, -0.1) is 0 Å². The molecule has 0 bridgehead atoms. The minimum Gasteiger partial charge on any atom is -0.508 e. The Balaban J connectivity index is 1.10. The highest BCUT2D eigenvalue weighted by molar-refractivity contribution is 7.91. The summed E-state index contributed by atoms with van der Waals surface area (Å²) >= 11 is 0. The zero-order valence-electron chi connectivity index (χ0n) is 28.2. The summed E-state index contributed by atoms with van der Waals surface area (Å²) in [7, 11) is -1.20. The van der Waals surface area contributed by atoms with Gasteiger partial charge < -0.3 is 29.9 Å². The summed E-state index contributed by atoms with van der Waals surface area (Å²) in [5.41, 5.74) is 3.86. The monoisotopic (exact) mass is 691 g/mol. The Kier molecular flexibility index (Phi) is 10.5. The second-order valence-corrected chi connectivity index (χ2v) is 15.9. The number of nitrogens with zero attached hydrogens (tertiary/aromatic N) is 4. The number of phenols is 1. The average Bonchev–Trinajstić information content (AvgIpc) is 3.27. The van der Waals surface area contributed by atoms with Crippen LogP contribution in [0.25, 0.3) is 6.08 Å². The molecule has 49 heavy (non-hydrogen) atoms. The number of carbonyl (C=O) groups is 3. The van der Waals surface area contributed by atoms with Gasteiger partial charge in [-0.3, -0.25) is 9.69 Å². The number of sulfone groups is 1. The highest BCUT2D eigenvalue weighted by Gasteiger charge is 2.37. The highest BCUT2D eigenvalue weighted by atomic mass is 32.2. The van der Waals surface area contributed by atoms with Crippen molar-refractivity contribution in [2.45, 2.75) is 56.7 Å². The zero-order valence-corrected chi connectivity index (χ0v) is 29.0. The Morgan fingerprint density at radius 2 is 1.63 bits per heavy atom. The third-order valence-corrected chi connectivity index (χ3v) is 12.1. The molecule has 262 valence electrons. The normalized spacial score (nSPS) is 21.3. The van der Waals surface area contributed by atoms with Crippen LogP contribution in [0.15, 0.2) is 43.0 Å². The first-order chi connectivity index (χ1) is 23.5. The SMILES string of the molecule is Bc1cc(C[C@@H](OC(=O)N2CCC(N3CCc4ccccc4NC3=O)CC2)C(=O)N2CCC(N3CCS(=O)(=O)CC3)CC2)cc(C=C)c1O. The van der Waals surface area contributed by atoms with Crippen molar-refractivity contribution in [1.29, 1.82) is 0 Å². The number of anilines is 1. The van der Waals surface area contributed by atoms with E-state index >= 15 is 0 Å². The fourth-order valence-electron chi connectivity index (χ4n) is 7.59. The summed E-state index contributed by atoms with van der Waals surface area (Å²) in [5.74, 6) is 0.185. The molecule has 4 heterocycles. The molecule has 4 aliphatic heterocycles. The summed E-state index contributed by atoms with van der Waals surface area (Å²) in [6.45, 7) is 7.19. The summed E-state index contributed by atoms with van der Waals surface area (Å²) in [5, 5.41) is 13.5. The van der Waals surface area contributed by atoms with E-state index in [9.17, 15) is 27.9 Å². The summed E-state index contributed by atoms with van der Waals surface area (Å²) < 4.78 is 29.9. The molecule has 3 fully saturated rings. The van der Waals surface area contributed by atoms with Crippen LogP contribution in [0.4, 0.5) is 15.3 Å². The molecule has 0 radical (unpaired) electrons. The van der Waals surface area contributed by atoms with Crippen LogP contribution in [0.3, 0.4) is 0 Å². The van der Waals surface area contributed by atoms with Gasteiger partial charge in [0.15, 0.2) is 15.9 Å². The lowest BCUT2D eigenvalue weighted by Crippen LogP contribution is -2.54. The number of hydrogen-bond acceptors (Lipinski definition) is 8. The van der Waals surface area contributed by atoms with Gasteiger partial charge in [-0.1, -0.05) is 36.9 Å². The zero-order chi connectivity index (χ0) is 34.7. The molecule has 1 atom stereocenters. The molecule has 6 rings (SSSR count). The van der Waals surface area contributed by atoms with E-state index in [0.717, 1.165) is 23.2 Å². The molecule has 4 aliphatic rings. The van der Waals surface area contributed by atoms with Gasteiger partial charge in [-0.2, -0.15) is 0 Å². The van der Waals surface area contributed by atoms with Crippen LogP contribution < -0.4 is 10.8 Å². The van der Waals surface area contributed by atoms with E-state index in [-0.39, 0.29) is 47.7 Å². The van der Waals surface area contributed by atoms with Crippen molar-refractivity contribution in [3.63, 3.8) is 0 Å². The maximum absolute atomic E-state index is 14.0. The standard InChI is InChI=1S/C35H46BN5O7S/c1-2-25-21-24(22-29(36)32(25)42)23-31(33(43)39-12-8-27(9-13-39)38-17-19-49(46,47)20-18-38)48-35(45)40-14-10-28(11-15-40)41-16-7-26-5-3-4-6-30(26)37-34(41)44/h2-6,21-22,27-28,31,42H,1,7-20,23,36H2,(H,37,44)/t31-/m1/s1. The van der Waals surface area contributed by atoms with E-state index in [2.05, 4.69) is 16.8 Å². The number of carbonyl (C=O) groups excluding carboxylic acids is 3. The lowest BCUT2D eigenvalue weighted by Gasteiger charge is -2.41. The van der Waals surface area contributed by atoms with Gasteiger partial charge in [0.1, 0.15) is 13.6 Å². The third-order valence-electron chi connectivity index (χ3n) is 10.5. The number of phenolic OH excluding ortho intramolecular Hbond substituents is 1. The minimum atomic E-state index is -2.98. The predicted molar refractivity (Wildman–Crippen MR) is 191 cm³/mol. The van der Waals surface area contributed by atoms with E-state index in [0.29, 0.717) is 82.5 Å². The number of hydrogen-bond donors (Lipinski definition) is 2. The summed E-state index contributed by atoms with van der Waals surface area (Å²) in [4.78, 5) is 48.2. The summed E-state index contributed by atoms with van der Waals surface area (Å²) in [6.07, 6.45) is 3.45. The number of piperidine rings is 2. The molecule has 2 aromatic carbocycles. The number of ether oxygens (including phenoxy) is 1. The maximum atomic E-state index is 14.0. The number of rotatable bonds is 7. The van der Waals surface area contributed by atoms with E-state index in [1.165, 1.54) is 0 Å². The maximum Gasteiger partial charge on any atom is 0.410 e. The Hall–Kier alpha value is -4.04. The van der Waals surface area contributed by atoms with E-state index in [1.54, 1.807) is 35.9 Å². The van der Waals surface area contributed by atoms with Crippen LogP contribution in [0, 0.1) is 0 Å². The number of aromatic hydroxyl groups is 1. The second-order valence-electron chi connectivity index (χ2n) is 13.6. The first-order valence-electron chi connectivity index (χ1n) is 17.3. The molecule has 2 aromatic rings. The summed E-state index contributed by atoms with van der Waals surface area (Å²) in [6, 6.07) is 11.4. The van der Waals surface area contributed by atoms with Gasteiger partial charge in [-0.25, -0.2) is 18.0 Å². The number of urea groups is 1. The molecule has 0 spiro atoms. The average molecular weight is 692 g/mol. The Morgan fingerprint density at radius 1 is 0.980 bits per heavy atom. The van der Waals surface area contributed by atoms with Crippen molar-refractivity contribution in [3.05, 3.63) is 59.7 Å².